The maximum atomic E-state index is 12.0. The van der Waals surface area contributed by atoms with Gasteiger partial charge >= 0.3 is 0 Å². The quantitative estimate of drug-likeness (QED) is 0.829. The van der Waals surface area contributed by atoms with Gasteiger partial charge in [-0.25, -0.2) is 0 Å². The number of hydrogen-bond acceptors (Lipinski definition) is 5. The van der Waals surface area contributed by atoms with Gasteiger partial charge in [0.2, 0.25) is 0 Å². The summed E-state index contributed by atoms with van der Waals surface area (Å²) in [6.07, 6.45) is 0.440. The molecule has 1 heterocycles. The van der Waals surface area contributed by atoms with Crippen molar-refractivity contribution in [2.24, 2.45) is 0 Å². The first-order valence-electron chi connectivity index (χ1n) is 6.83. The number of hydrogen-bond donors (Lipinski definition) is 1. The summed E-state index contributed by atoms with van der Waals surface area (Å²) >= 11 is 1.40. The molecule has 0 aliphatic rings. The van der Waals surface area contributed by atoms with Crippen molar-refractivity contribution in [1.82, 2.24) is 0 Å². The molecule has 112 valence electrons. The summed E-state index contributed by atoms with van der Waals surface area (Å²) in [5, 5.41) is 0.885. The second-order valence-corrected chi connectivity index (χ2v) is 5.80. The standard InChI is InChI=1S/C16H20N2O2S/c1-4-12(19)15-13(17)14(20-3)16(21-15)18(2)10-11-8-6-5-7-9-11/h5-9H,4,10,17H2,1-3H3. The summed E-state index contributed by atoms with van der Waals surface area (Å²) in [6.45, 7) is 2.57. The van der Waals surface area contributed by atoms with Crippen molar-refractivity contribution in [1.29, 1.82) is 0 Å². The number of carbonyl (C=O) groups excluding carboxylic acids is 1. The number of methoxy groups -OCH3 is 1. The van der Waals surface area contributed by atoms with Gasteiger partial charge in [0.15, 0.2) is 11.5 Å². The Kier molecular flexibility index (Phi) is 4.85. The second-order valence-electron chi connectivity index (χ2n) is 4.80. The number of ether oxygens (including phenoxy) is 1. The van der Waals surface area contributed by atoms with Crippen LogP contribution in [0.5, 0.6) is 5.75 Å². The van der Waals surface area contributed by atoms with E-state index in [9.17, 15) is 4.79 Å². The molecule has 0 saturated heterocycles. The Morgan fingerprint density at radius 3 is 2.57 bits per heavy atom. The molecule has 0 radical (unpaired) electrons. The van der Waals surface area contributed by atoms with Crippen molar-refractivity contribution >= 4 is 27.8 Å². The molecule has 0 fully saturated rings. The van der Waals surface area contributed by atoms with Crippen LogP contribution in [0, 0.1) is 0 Å². The van der Waals surface area contributed by atoms with Crippen LogP contribution in [0.25, 0.3) is 0 Å². The third-order valence-corrected chi connectivity index (χ3v) is 4.61. The molecule has 4 nitrogen and oxygen atoms in total. The summed E-state index contributed by atoms with van der Waals surface area (Å²) in [4.78, 5) is 14.6. The summed E-state index contributed by atoms with van der Waals surface area (Å²) in [5.74, 6) is 0.644. The molecule has 0 spiro atoms. The molecule has 2 aromatic rings. The molecule has 0 saturated carbocycles. The summed E-state index contributed by atoms with van der Waals surface area (Å²) < 4.78 is 5.40. The van der Waals surface area contributed by atoms with Gasteiger partial charge in [-0.3, -0.25) is 4.79 Å². The molecule has 0 aliphatic heterocycles. The lowest BCUT2D eigenvalue weighted by molar-refractivity contribution is 0.0992. The topological polar surface area (TPSA) is 55.6 Å². The summed E-state index contributed by atoms with van der Waals surface area (Å²) in [5.41, 5.74) is 7.70. The molecular weight excluding hydrogens is 284 g/mol. The van der Waals surface area contributed by atoms with E-state index < -0.39 is 0 Å². The van der Waals surface area contributed by atoms with Crippen molar-refractivity contribution < 1.29 is 9.53 Å². The van der Waals surface area contributed by atoms with Crippen LogP contribution in [-0.2, 0) is 6.54 Å². The van der Waals surface area contributed by atoms with Gasteiger partial charge in [-0.15, -0.1) is 11.3 Å². The number of anilines is 2. The Morgan fingerprint density at radius 1 is 1.33 bits per heavy atom. The fraction of sp³-hybridized carbons (Fsp3) is 0.312. The summed E-state index contributed by atoms with van der Waals surface area (Å²) in [7, 11) is 3.56. The number of thiophene rings is 1. The highest BCUT2D eigenvalue weighted by Gasteiger charge is 2.23. The van der Waals surface area contributed by atoms with Gasteiger partial charge < -0.3 is 15.4 Å². The van der Waals surface area contributed by atoms with E-state index in [4.69, 9.17) is 10.5 Å². The maximum absolute atomic E-state index is 12.0. The Morgan fingerprint density at radius 2 is 2.00 bits per heavy atom. The molecule has 1 aromatic heterocycles. The highest BCUT2D eigenvalue weighted by molar-refractivity contribution is 7.19. The van der Waals surface area contributed by atoms with Crippen molar-refractivity contribution in [3.8, 4) is 5.75 Å². The SMILES string of the molecule is CCC(=O)c1sc(N(C)Cc2ccccc2)c(OC)c1N. The normalized spacial score (nSPS) is 10.4. The second kappa shape index (κ2) is 6.63. The molecule has 1 aromatic carbocycles. The van der Waals surface area contributed by atoms with E-state index in [1.807, 2.05) is 32.2 Å². The Labute approximate surface area is 129 Å². The van der Waals surface area contributed by atoms with E-state index in [1.54, 1.807) is 7.11 Å². The zero-order valence-corrected chi connectivity index (χ0v) is 13.4. The number of benzene rings is 1. The minimum Gasteiger partial charge on any atom is -0.492 e. The van der Waals surface area contributed by atoms with Gasteiger partial charge in [-0.2, -0.15) is 0 Å². The van der Waals surface area contributed by atoms with E-state index in [1.165, 1.54) is 16.9 Å². The van der Waals surface area contributed by atoms with Gasteiger partial charge in [0, 0.05) is 20.0 Å². The van der Waals surface area contributed by atoms with Crippen molar-refractivity contribution in [2.75, 3.05) is 24.8 Å². The molecule has 0 amide bonds. The fourth-order valence-corrected chi connectivity index (χ4v) is 3.32. The van der Waals surface area contributed by atoms with Crippen LogP contribution in [-0.4, -0.2) is 19.9 Å². The van der Waals surface area contributed by atoms with Gasteiger partial charge in [-0.1, -0.05) is 37.3 Å². The first-order chi connectivity index (χ1) is 10.1. The minimum atomic E-state index is 0.0511. The number of rotatable bonds is 6. The lowest BCUT2D eigenvalue weighted by atomic mass is 10.2. The fourth-order valence-electron chi connectivity index (χ4n) is 2.16. The Hall–Kier alpha value is -2.01. The molecule has 2 rings (SSSR count). The number of carbonyl (C=O) groups is 1. The number of nitrogens with zero attached hydrogens (tertiary/aromatic N) is 1. The van der Waals surface area contributed by atoms with E-state index in [0.717, 1.165) is 11.5 Å². The molecule has 0 atom stereocenters. The molecule has 0 bridgehead atoms. The van der Waals surface area contributed by atoms with Gasteiger partial charge in [0.05, 0.1) is 17.7 Å². The summed E-state index contributed by atoms with van der Waals surface area (Å²) in [6, 6.07) is 10.1. The Balaban J connectivity index is 2.32. The minimum absolute atomic E-state index is 0.0511. The Bertz CT molecular complexity index is 623. The molecule has 21 heavy (non-hydrogen) atoms. The van der Waals surface area contributed by atoms with Crippen LogP contribution in [0.1, 0.15) is 28.6 Å². The highest BCUT2D eigenvalue weighted by Crippen LogP contribution is 2.45. The van der Waals surface area contributed by atoms with E-state index in [2.05, 4.69) is 17.0 Å². The molecule has 0 unspecified atom stereocenters. The third kappa shape index (κ3) is 3.19. The number of nitrogens with two attached hydrogens (primary N) is 1. The number of ketones is 1. The van der Waals surface area contributed by atoms with E-state index in [-0.39, 0.29) is 5.78 Å². The van der Waals surface area contributed by atoms with Crippen molar-refractivity contribution in [2.45, 2.75) is 19.9 Å². The smallest absolute Gasteiger partial charge is 0.177 e. The van der Waals surface area contributed by atoms with Crippen LogP contribution in [0.3, 0.4) is 0 Å². The first kappa shape index (κ1) is 15.4. The van der Waals surface area contributed by atoms with Crippen LogP contribution in [0.4, 0.5) is 10.7 Å². The zero-order chi connectivity index (χ0) is 15.4. The number of Topliss-reactive ketones (excluding diaryl/α,β-unsaturated/α-hetero) is 1. The van der Waals surface area contributed by atoms with Crippen LogP contribution < -0.4 is 15.4 Å². The van der Waals surface area contributed by atoms with Crippen LogP contribution in [0.2, 0.25) is 0 Å². The van der Waals surface area contributed by atoms with Gasteiger partial charge in [0.1, 0.15) is 5.00 Å². The van der Waals surface area contributed by atoms with Crippen molar-refractivity contribution in [3.63, 3.8) is 0 Å². The monoisotopic (exact) mass is 304 g/mol. The molecule has 2 N–H and O–H groups in total. The average Bonchev–Trinajstić information content (AvgIpc) is 2.84. The average molecular weight is 304 g/mol. The number of nitrogen functional groups attached to an aromatic ring is 1. The predicted octanol–water partition coefficient (Wildman–Crippen LogP) is 3.57. The highest BCUT2D eigenvalue weighted by atomic mass is 32.1. The predicted molar refractivity (Wildman–Crippen MR) is 88.5 cm³/mol. The molecular formula is C16H20N2O2S. The third-order valence-electron chi connectivity index (χ3n) is 3.27. The zero-order valence-electron chi connectivity index (χ0n) is 12.6. The molecule has 5 heteroatoms. The van der Waals surface area contributed by atoms with Crippen LogP contribution >= 0.6 is 11.3 Å². The van der Waals surface area contributed by atoms with Crippen molar-refractivity contribution in [3.05, 3.63) is 40.8 Å². The van der Waals surface area contributed by atoms with E-state index >= 15 is 0 Å². The lowest BCUT2D eigenvalue weighted by Gasteiger charge is -2.18. The molecule has 0 aliphatic carbocycles. The largest absolute Gasteiger partial charge is 0.492 e. The van der Waals surface area contributed by atoms with Gasteiger partial charge in [-0.05, 0) is 5.56 Å². The van der Waals surface area contributed by atoms with Crippen LogP contribution in [0.15, 0.2) is 30.3 Å². The maximum Gasteiger partial charge on any atom is 0.177 e. The van der Waals surface area contributed by atoms with Gasteiger partial charge in [0.25, 0.3) is 0 Å². The first-order valence-corrected chi connectivity index (χ1v) is 7.64. The van der Waals surface area contributed by atoms with E-state index in [0.29, 0.717) is 22.7 Å². The lowest BCUT2D eigenvalue weighted by Crippen LogP contribution is -2.15.